The van der Waals surface area contributed by atoms with Crippen LogP contribution in [0.1, 0.15) is 33.6 Å². The lowest BCUT2D eigenvalue weighted by Gasteiger charge is -2.13. The van der Waals surface area contributed by atoms with Gasteiger partial charge in [0, 0.05) is 6.54 Å². The molecule has 2 rings (SSSR count). The standard InChI is InChI=1S/C12H22N6O/c1-7(2)19-12-16-10(15-11(17-12)18-13)14-6-8(3)9-4-5-9/h7-9H,4-6,13H2,1-3H3,(H2,14,15,16,17,18). The fourth-order valence-corrected chi connectivity index (χ4v) is 1.85. The summed E-state index contributed by atoms with van der Waals surface area (Å²) in [5.41, 5.74) is 2.42. The monoisotopic (exact) mass is 266 g/mol. The molecule has 1 fully saturated rings. The zero-order valence-corrected chi connectivity index (χ0v) is 11.7. The molecule has 0 radical (unpaired) electrons. The smallest absolute Gasteiger partial charge is 0.323 e. The van der Waals surface area contributed by atoms with Gasteiger partial charge in [-0.3, -0.25) is 5.43 Å². The van der Waals surface area contributed by atoms with Gasteiger partial charge in [-0.1, -0.05) is 6.92 Å². The van der Waals surface area contributed by atoms with E-state index in [1.165, 1.54) is 12.8 Å². The number of hydrogen-bond acceptors (Lipinski definition) is 7. The highest BCUT2D eigenvalue weighted by atomic mass is 16.5. The Morgan fingerprint density at radius 2 is 1.89 bits per heavy atom. The molecule has 1 atom stereocenters. The van der Waals surface area contributed by atoms with Gasteiger partial charge in [0.1, 0.15) is 0 Å². The highest BCUT2D eigenvalue weighted by Crippen LogP contribution is 2.36. The fourth-order valence-electron chi connectivity index (χ4n) is 1.85. The van der Waals surface area contributed by atoms with Gasteiger partial charge < -0.3 is 10.1 Å². The molecule has 0 amide bonds. The van der Waals surface area contributed by atoms with Gasteiger partial charge in [0.25, 0.3) is 0 Å². The molecule has 0 saturated heterocycles. The molecular weight excluding hydrogens is 244 g/mol. The molecule has 0 aromatic carbocycles. The Bertz CT molecular complexity index is 421. The van der Waals surface area contributed by atoms with Crippen LogP contribution < -0.4 is 21.3 Å². The maximum atomic E-state index is 5.47. The molecule has 4 N–H and O–H groups in total. The maximum absolute atomic E-state index is 5.47. The van der Waals surface area contributed by atoms with Crippen LogP contribution in [0.15, 0.2) is 0 Å². The van der Waals surface area contributed by atoms with Gasteiger partial charge in [-0.15, -0.1) is 0 Å². The number of ether oxygens (including phenoxy) is 1. The van der Waals surface area contributed by atoms with Crippen LogP contribution in [0.3, 0.4) is 0 Å². The number of nitrogen functional groups attached to an aromatic ring is 1. The topological polar surface area (TPSA) is 98.0 Å². The number of anilines is 2. The quantitative estimate of drug-likeness (QED) is 0.507. The molecule has 1 aliphatic rings. The van der Waals surface area contributed by atoms with E-state index >= 15 is 0 Å². The van der Waals surface area contributed by atoms with E-state index in [2.05, 4.69) is 32.6 Å². The number of rotatable bonds is 7. The van der Waals surface area contributed by atoms with Gasteiger partial charge in [0.15, 0.2) is 0 Å². The molecule has 106 valence electrons. The fraction of sp³-hybridized carbons (Fsp3) is 0.750. The third kappa shape index (κ3) is 4.20. The van der Waals surface area contributed by atoms with E-state index in [1.807, 2.05) is 13.8 Å². The maximum Gasteiger partial charge on any atom is 0.323 e. The first kappa shape index (κ1) is 13.8. The molecule has 1 saturated carbocycles. The van der Waals surface area contributed by atoms with E-state index in [0.29, 0.717) is 17.8 Å². The van der Waals surface area contributed by atoms with Crippen molar-refractivity contribution in [3.8, 4) is 6.01 Å². The van der Waals surface area contributed by atoms with E-state index in [1.54, 1.807) is 0 Å². The highest BCUT2D eigenvalue weighted by molar-refractivity contribution is 5.35. The minimum absolute atomic E-state index is 0.00580. The van der Waals surface area contributed by atoms with E-state index < -0.39 is 0 Å². The Morgan fingerprint density at radius 1 is 1.21 bits per heavy atom. The number of nitrogens with zero attached hydrogens (tertiary/aromatic N) is 3. The van der Waals surface area contributed by atoms with Crippen LogP contribution in [-0.4, -0.2) is 27.6 Å². The molecule has 1 aromatic heterocycles. The summed E-state index contributed by atoms with van der Waals surface area (Å²) in [6, 6.07) is 0.277. The van der Waals surface area contributed by atoms with Crippen molar-refractivity contribution in [1.29, 1.82) is 0 Å². The van der Waals surface area contributed by atoms with Crippen LogP contribution in [0, 0.1) is 11.8 Å². The minimum Gasteiger partial charge on any atom is -0.461 e. The lowest BCUT2D eigenvalue weighted by molar-refractivity contribution is 0.222. The van der Waals surface area contributed by atoms with Crippen LogP contribution >= 0.6 is 0 Å². The molecule has 0 bridgehead atoms. The van der Waals surface area contributed by atoms with Crippen molar-refractivity contribution in [2.45, 2.75) is 39.7 Å². The lowest BCUT2D eigenvalue weighted by atomic mass is 10.1. The summed E-state index contributed by atoms with van der Waals surface area (Å²) in [5.74, 6) is 7.60. The third-order valence-corrected chi connectivity index (χ3v) is 3.09. The molecule has 19 heavy (non-hydrogen) atoms. The predicted molar refractivity (Wildman–Crippen MR) is 73.8 cm³/mol. The summed E-state index contributed by atoms with van der Waals surface area (Å²) in [4.78, 5) is 12.4. The average molecular weight is 266 g/mol. The molecule has 0 spiro atoms. The van der Waals surface area contributed by atoms with Gasteiger partial charge >= 0.3 is 6.01 Å². The molecule has 1 heterocycles. The second-order valence-electron chi connectivity index (χ2n) is 5.27. The normalized spacial score (nSPS) is 16.3. The molecule has 7 nitrogen and oxygen atoms in total. The third-order valence-electron chi connectivity index (χ3n) is 3.09. The van der Waals surface area contributed by atoms with Gasteiger partial charge in [-0.05, 0) is 38.5 Å². The van der Waals surface area contributed by atoms with Crippen LogP contribution in [0.5, 0.6) is 6.01 Å². The molecule has 1 aliphatic carbocycles. The molecule has 7 heteroatoms. The number of nitrogens with two attached hydrogens (primary N) is 1. The Labute approximate surface area is 113 Å². The van der Waals surface area contributed by atoms with Gasteiger partial charge in [-0.25, -0.2) is 5.84 Å². The van der Waals surface area contributed by atoms with Crippen molar-refractivity contribution in [3.63, 3.8) is 0 Å². The second kappa shape index (κ2) is 6.01. The highest BCUT2D eigenvalue weighted by Gasteiger charge is 2.27. The number of aromatic nitrogens is 3. The number of nitrogens with one attached hydrogen (secondary N) is 2. The minimum atomic E-state index is 0.00580. The van der Waals surface area contributed by atoms with E-state index in [9.17, 15) is 0 Å². The number of hydrazine groups is 1. The van der Waals surface area contributed by atoms with E-state index in [0.717, 1.165) is 12.5 Å². The summed E-state index contributed by atoms with van der Waals surface area (Å²) in [7, 11) is 0. The van der Waals surface area contributed by atoms with Crippen LogP contribution in [0.25, 0.3) is 0 Å². The zero-order valence-electron chi connectivity index (χ0n) is 11.7. The molecule has 0 aliphatic heterocycles. The van der Waals surface area contributed by atoms with Gasteiger partial charge in [-0.2, -0.15) is 15.0 Å². The molecular formula is C12H22N6O. The largest absolute Gasteiger partial charge is 0.461 e. The Hall–Kier alpha value is -1.63. The van der Waals surface area contributed by atoms with Crippen molar-refractivity contribution >= 4 is 11.9 Å². The van der Waals surface area contributed by atoms with E-state index in [-0.39, 0.29) is 12.1 Å². The zero-order chi connectivity index (χ0) is 13.8. The van der Waals surface area contributed by atoms with Crippen molar-refractivity contribution in [2.24, 2.45) is 17.7 Å². The Morgan fingerprint density at radius 3 is 2.47 bits per heavy atom. The van der Waals surface area contributed by atoms with Gasteiger partial charge in [0.05, 0.1) is 6.10 Å². The first-order chi connectivity index (χ1) is 9.08. The summed E-state index contributed by atoms with van der Waals surface area (Å²) in [5, 5.41) is 3.22. The predicted octanol–water partition coefficient (Wildman–Crippen LogP) is 1.40. The summed E-state index contributed by atoms with van der Waals surface area (Å²) >= 11 is 0. The second-order valence-corrected chi connectivity index (χ2v) is 5.27. The summed E-state index contributed by atoms with van der Waals surface area (Å²) in [6.45, 7) is 6.92. The lowest BCUT2D eigenvalue weighted by Crippen LogP contribution is -2.19. The van der Waals surface area contributed by atoms with Crippen LogP contribution in [0.4, 0.5) is 11.9 Å². The SMILES string of the molecule is CC(C)Oc1nc(NN)nc(NCC(C)C2CC2)n1. The summed E-state index contributed by atoms with van der Waals surface area (Å²) in [6.07, 6.45) is 2.67. The van der Waals surface area contributed by atoms with Crippen LogP contribution in [-0.2, 0) is 0 Å². The summed E-state index contributed by atoms with van der Waals surface area (Å²) < 4.78 is 5.47. The van der Waals surface area contributed by atoms with Crippen molar-refractivity contribution in [1.82, 2.24) is 15.0 Å². The first-order valence-electron chi connectivity index (χ1n) is 6.71. The Kier molecular flexibility index (Phi) is 4.36. The van der Waals surface area contributed by atoms with Gasteiger partial charge in [0.2, 0.25) is 11.9 Å². The van der Waals surface area contributed by atoms with Crippen LogP contribution in [0.2, 0.25) is 0 Å². The van der Waals surface area contributed by atoms with E-state index in [4.69, 9.17) is 10.6 Å². The average Bonchev–Trinajstić information content (AvgIpc) is 3.19. The van der Waals surface area contributed by atoms with Crippen molar-refractivity contribution in [2.75, 3.05) is 17.3 Å². The Balaban J connectivity index is 2.00. The number of hydrogen-bond donors (Lipinski definition) is 3. The van der Waals surface area contributed by atoms with Crippen molar-refractivity contribution < 1.29 is 4.74 Å². The van der Waals surface area contributed by atoms with Crippen molar-refractivity contribution in [3.05, 3.63) is 0 Å². The molecule has 1 aromatic rings. The molecule has 1 unspecified atom stereocenters. The first-order valence-corrected chi connectivity index (χ1v) is 6.71.